The molecule has 0 bridgehead atoms. The molecule has 0 radical (unpaired) electrons. The number of amidine groups is 2. The summed E-state index contributed by atoms with van der Waals surface area (Å²) in [6.07, 6.45) is 5.56. The molecule has 1 fully saturated rings. The number of amides is 1. The highest BCUT2D eigenvalue weighted by molar-refractivity contribution is 6.09. The Bertz CT molecular complexity index is 1110. The quantitative estimate of drug-likeness (QED) is 0.542. The van der Waals surface area contributed by atoms with Gasteiger partial charge in [0.25, 0.3) is 5.91 Å². The number of fused-ring (bicyclic) bond motifs is 1. The normalized spacial score (nSPS) is 15.1. The molecule has 1 amide bonds. The second kappa shape index (κ2) is 7.26. The van der Waals surface area contributed by atoms with Crippen molar-refractivity contribution in [1.82, 2.24) is 9.38 Å². The third-order valence-electron chi connectivity index (χ3n) is 4.84. The Kier molecular flexibility index (Phi) is 4.65. The molecule has 4 rings (SSSR count). The van der Waals surface area contributed by atoms with Crippen LogP contribution in [0.4, 0.5) is 5.69 Å². The van der Waals surface area contributed by atoms with Crippen molar-refractivity contribution >= 4 is 28.9 Å². The maximum atomic E-state index is 12.8. The average Bonchev–Trinajstić information content (AvgIpc) is 3.47. The van der Waals surface area contributed by atoms with Crippen LogP contribution in [0.25, 0.3) is 5.65 Å². The van der Waals surface area contributed by atoms with Crippen LogP contribution >= 0.6 is 0 Å². The van der Waals surface area contributed by atoms with Crippen LogP contribution in [-0.4, -0.2) is 34.0 Å². The zero-order valence-electron chi connectivity index (χ0n) is 15.9. The number of aliphatic imine (C=N–C) groups is 2. The molecule has 0 saturated heterocycles. The van der Waals surface area contributed by atoms with Crippen molar-refractivity contribution in [1.29, 1.82) is 0 Å². The Hall–Kier alpha value is -3.48. The van der Waals surface area contributed by atoms with E-state index in [0.29, 0.717) is 29.0 Å². The number of imidazole rings is 1. The number of anilines is 1. The number of pyridine rings is 1. The van der Waals surface area contributed by atoms with Gasteiger partial charge in [-0.1, -0.05) is 18.2 Å². The van der Waals surface area contributed by atoms with Crippen LogP contribution in [0.2, 0.25) is 0 Å². The fourth-order valence-electron chi connectivity index (χ4n) is 3.02. The second-order valence-electron chi connectivity index (χ2n) is 6.91. The SMILES string of the molecule is CN=C(N=C(N)C1CC1)c1ccc(C)c(NC(=O)c2cnc3ccccn23)c1. The van der Waals surface area contributed by atoms with Gasteiger partial charge in [-0.25, -0.2) is 9.98 Å². The van der Waals surface area contributed by atoms with E-state index in [0.717, 1.165) is 29.6 Å². The lowest BCUT2D eigenvalue weighted by molar-refractivity contribution is 0.102. The number of hydrogen-bond donors (Lipinski definition) is 2. The van der Waals surface area contributed by atoms with Gasteiger partial charge in [0.15, 0.2) is 5.84 Å². The Labute approximate surface area is 163 Å². The van der Waals surface area contributed by atoms with E-state index >= 15 is 0 Å². The minimum Gasteiger partial charge on any atom is -0.387 e. The van der Waals surface area contributed by atoms with E-state index < -0.39 is 0 Å². The molecule has 0 spiro atoms. The molecule has 1 aliphatic carbocycles. The smallest absolute Gasteiger partial charge is 0.274 e. The van der Waals surface area contributed by atoms with E-state index in [-0.39, 0.29) is 5.91 Å². The van der Waals surface area contributed by atoms with Crippen LogP contribution < -0.4 is 11.1 Å². The van der Waals surface area contributed by atoms with Gasteiger partial charge in [-0.2, -0.15) is 0 Å². The number of nitrogens with one attached hydrogen (secondary N) is 1. The molecule has 7 nitrogen and oxygen atoms in total. The van der Waals surface area contributed by atoms with E-state index in [1.807, 2.05) is 49.5 Å². The van der Waals surface area contributed by atoms with Crippen molar-refractivity contribution in [3.05, 3.63) is 65.6 Å². The summed E-state index contributed by atoms with van der Waals surface area (Å²) in [4.78, 5) is 25.8. The highest BCUT2D eigenvalue weighted by atomic mass is 16.1. The number of hydrogen-bond acceptors (Lipinski definition) is 3. The Morgan fingerprint density at radius 3 is 2.86 bits per heavy atom. The Morgan fingerprint density at radius 1 is 1.29 bits per heavy atom. The topological polar surface area (TPSA) is 97.1 Å². The highest BCUT2D eigenvalue weighted by Gasteiger charge is 2.26. The molecule has 0 aliphatic heterocycles. The molecular formula is C21H22N6O. The van der Waals surface area contributed by atoms with Gasteiger partial charge in [-0.15, -0.1) is 0 Å². The zero-order valence-corrected chi connectivity index (χ0v) is 15.9. The van der Waals surface area contributed by atoms with Crippen LogP contribution in [0.5, 0.6) is 0 Å². The summed E-state index contributed by atoms with van der Waals surface area (Å²) < 4.78 is 1.76. The summed E-state index contributed by atoms with van der Waals surface area (Å²) in [5, 5.41) is 2.98. The molecule has 2 aromatic heterocycles. The first-order chi connectivity index (χ1) is 13.6. The van der Waals surface area contributed by atoms with Crippen molar-refractivity contribution in [3.63, 3.8) is 0 Å². The lowest BCUT2D eigenvalue weighted by Gasteiger charge is -2.11. The molecule has 142 valence electrons. The number of carbonyl (C=O) groups is 1. The molecule has 2 heterocycles. The monoisotopic (exact) mass is 374 g/mol. The standard InChI is InChI=1S/C21H22N6O/c1-13-6-7-15(20(23-2)26-19(22)14-8-9-14)11-16(13)25-21(28)17-12-24-18-5-3-4-10-27(17)18/h3-7,10-12,14H,8-9H2,1-2H3,(H,25,28)(H2,22,23,26). The molecule has 0 unspecified atom stereocenters. The van der Waals surface area contributed by atoms with E-state index in [1.54, 1.807) is 17.6 Å². The fourth-order valence-corrected chi connectivity index (χ4v) is 3.02. The largest absolute Gasteiger partial charge is 0.387 e. The van der Waals surface area contributed by atoms with Gasteiger partial charge in [0.05, 0.1) is 6.20 Å². The predicted molar refractivity (Wildman–Crippen MR) is 111 cm³/mol. The summed E-state index contributed by atoms with van der Waals surface area (Å²) in [6, 6.07) is 11.4. The summed E-state index contributed by atoms with van der Waals surface area (Å²) >= 11 is 0. The highest BCUT2D eigenvalue weighted by Crippen LogP contribution is 2.29. The van der Waals surface area contributed by atoms with Crippen molar-refractivity contribution in [2.24, 2.45) is 21.6 Å². The summed E-state index contributed by atoms with van der Waals surface area (Å²) in [6.45, 7) is 1.94. The van der Waals surface area contributed by atoms with E-state index in [1.165, 1.54) is 0 Å². The van der Waals surface area contributed by atoms with Crippen LogP contribution in [0.3, 0.4) is 0 Å². The van der Waals surface area contributed by atoms with Crippen LogP contribution in [0, 0.1) is 12.8 Å². The van der Waals surface area contributed by atoms with E-state index in [2.05, 4.69) is 20.3 Å². The number of aryl methyl sites for hydroxylation is 1. The molecular weight excluding hydrogens is 352 g/mol. The predicted octanol–water partition coefficient (Wildman–Crippen LogP) is 3.04. The molecule has 0 atom stereocenters. The van der Waals surface area contributed by atoms with Crippen LogP contribution in [0.15, 0.2) is 58.8 Å². The van der Waals surface area contributed by atoms with Crippen molar-refractivity contribution in [2.75, 3.05) is 12.4 Å². The Balaban J connectivity index is 1.62. The maximum Gasteiger partial charge on any atom is 0.274 e. The van der Waals surface area contributed by atoms with Gasteiger partial charge >= 0.3 is 0 Å². The number of nitrogens with two attached hydrogens (primary N) is 1. The van der Waals surface area contributed by atoms with Crippen LogP contribution in [-0.2, 0) is 0 Å². The average molecular weight is 374 g/mol. The summed E-state index contributed by atoms with van der Waals surface area (Å²) in [5.41, 5.74) is 9.71. The number of carbonyl (C=O) groups excluding carboxylic acids is 1. The zero-order chi connectivity index (χ0) is 19.7. The van der Waals surface area contributed by atoms with E-state index in [9.17, 15) is 4.79 Å². The Morgan fingerprint density at radius 2 is 2.11 bits per heavy atom. The van der Waals surface area contributed by atoms with Crippen LogP contribution in [0.1, 0.15) is 34.5 Å². The maximum absolute atomic E-state index is 12.8. The van der Waals surface area contributed by atoms with Gasteiger partial charge in [0, 0.05) is 30.4 Å². The van der Waals surface area contributed by atoms with Gasteiger partial charge in [0.1, 0.15) is 17.2 Å². The minimum atomic E-state index is -0.227. The number of rotatable bonds is 4. The third kappa shape index (κ3) is 3.51. The van der Waals surface area contributed by atoms with Gasteiger partial charge in [-0.05, 0) is 43.5 Å². The summed E-state index contributed by atoms with van der Waals surface area (Å²) in [5.74, 6) is 1.33. The first kappa shape index (κ1) is 17.9. The molecule has 28 heavy (non-hydrogen) atoms. The van der Waals surface area contributed by atoms with Crippen molar-refractivity contribution in [3.8, 4) is 0 Å². The van der Waals surface area contributed by atoms with Crippen molar-refractivity contribution < 1.29 is 4.79 Å². The molecule has 1 aromatic carbocycles. The van der Waals surface area contributed by atoms with E-state index in [4.69, 9.17) is 5.73 Å². The first-order valence-electron chi connectivity index (χ1n) is 9.22. The fraction of sp³-hybridized carbons (Fsp3) is 0.238. The number of aromatic nitrogens is 2. The molecule has 3 N–H and O–H groups in total. The van der Waals surface area contributed by atoms with Crippen molar-refractivity contribution in [2.45, 2.75) is 19.8 Å². The summed E-state index contributed by atoms with van der Waals surface area (Å²) in [7, 11) is 1.69. The first-order valence-corrected chi connectivity index (χ1v) is 9.22. The number of benzene rings is 1. The lowest BCUT2D eigenvalue weighted by Crippen LogP contribution is -2.17. The molecule has 1 saturated carbocycles. The lowest BCUT2D eigenvalue weighted by atomic mass is 10.1. The molecule has 7 heteroatoms. The van der Waals surface area contributed by atoms with Gasteiger partial charge in [-0.3, -0.25) is 14.2 Å². The third-order valence-corrected chi connectivity index (χ3v) is 4.84. The van der Waals surface area contributed by atoms with Gasteiger partial charge in [0.2, 0.25) is 0 Å². The molecule has 3 aromatic rings. The van der Waals surface area contributed by atoms with Gasteiger partial charge < -0.3 is 11.1 Å². The number of nitrogens with zero attached hydrogens (tertiary/aromatic N) is 4. The second-order valence-corrected chi connectivity index (χ2v) is 6.91. The molecule has 1 aliphatic rings. The minimum absolute atomic E-state index is 0.227.